The molecule has 0 amide bonds. The summed E-state index contributed by atoms with van der Waals surface area (Å²) in [4.78, 5) is 39.7. The lowest BCUT2D eigenvalue weighted by Gasteiger charge is -2.25. The molecule has 208 valence electrons. The first-order valence-corrected chi connectivity index (χ1v) is 12.6. The molecule has 0 unspecified atom stereocenters. The smallest absolute Gasteiger partial charge is 0.312 e. The van der Waals surface area contributed by atoms with E-state index in [-0.39, 0.29) is 46.0 Å². The second-order valence-electron chi connectivity index (χ2n) is 9.37. The van der Waals surface area contributed by atoms with Crippen LogP contribution >= 0.6 is 0 Å². The summed E-state index contributed by atoms with van der Waals surface area (Å²) < 4.78 is 38.9. The maximum atomic E-state index is 13.6. The minimum atomic E-state index is -0.777. The number of carbonyl (C=O) groups is 2. The lowest BCUT2D eigenvalue weighted by atomic mass is 9.85. The number of carbonyl (C=O) groups excluding carboxylic acids is 2. The van der Waals surface area contributed by atoms with E-state index < -0.39 is 11.9 Å². The Balaban J connectivity index is 1.47. The van der Waals surface area contributed by atoms with Gasteiger partial charge in [-0.3, -0.25) is 14.4 Å². The number of Topliss-reactive ketones (excluding diaryl/α,β-unsaturated/α-hetero) is 1. The van der Waals surface area contributed by atoms with Crippen LogP contribution in [0.15, 0.2) is 63.7 Å². The number of ketones is 1. The zero-order valence-corrected chi connectivity index (χ0v) is 22.6. The fraction of sp³-hybridized carbons (Fsp3) is 0.194. The van der Waals surface area contributed by atoms with Crippen molar-refractivity contribution in [3.8, 4) is 34.5 Å². The zero-order valence-electron chi connectivity index (χ0n) is 22.6. The highest BCUT2D eigenvalue weighted by Crippen LogP contribution is 2.49. The SMILES string of the molecule is COc1ccc2occ([C@H]3CC(=O)Oc4ccc5c(c43)O/C(=C\c3cc(OC)c(OC)c(OC)c3)C5=O)c(=O)c2c1. The number of fused-ring (bicyclic) bond motifs is 4. The van der Waals surface area contributed by atoms with Crippen molar-refractivity contribution in [2.24, 2.45) is 0 Å². The van der Waals surface area contributed by atoms with Crippen molar-refractivity contribution >= 4 is 28.8 Å². The molecule has 4 aromatic rings. The van der Waals surface area contributed by atoms with E-state index in [0.29, 0.717) is 45.1 Å². The monoisotopic (exact) mass is 556 g/mol. The number of esters is 1. The Bertz CT molecular complexity index is 1810. The van der Waals surface area contributed by atoms with Crippen LogP contribution in [-0.2, 0) is 4.79 Å². The van der Waals surface area contributed by atoms with Gasteiger partial charge >= 0.3 is 5.97 Å². The zero-order chi connectivity index (χ0) is 28.8. The number of benzene rings is 3. The molecule has 0 fully saturated rings. The standard InChI is InChI=1S/C31H24O10/c1-35-16-5-7-21-19(12-16)28(33)20(14-39-21)18-13-26(32)40-22-8-6-17-29(34)23(41-30(17)27(18)22)9-15-10-24(36-2)31(38-4)25(11-15)37-3/h5-12,14,18H,13H2,1-4H3/b23-9-/t18-/m1/s1. The molecule has 0 bridgehead atoms. The summed E-state index contributed by atoms with van der Waals surface area (Å²) in [5.74, 6) is 0.496. The molecule has 10 heteroatoms. The van der Waals surface area contributed by atoms with Gasteiger partial charge in [0.2, 0.25) is 11.5 Å². The van der Waals surface area contributed by atoms with Gasteiger partial charge in [0.1, 0.15) is 22.8 Å². The lowest BCUT2D eigenvalue weighted by Crippen LogP contribution is -2.25. The van der Waals surface area contributed by atoms with Crippen molar-refractivity contribution < 1.29 is 42.4 Å². The molecule has 0 N–H and O–H groups in total. The molecule has 6 rings (SSSR count). The van der Waals surface area contributed by atoms with Crippen molar-refractivity contribution in [3.05, 3.63) is 87.0 Å². The molecule has 0 aliphatic carbocycles. The molecule has 3 heterocycles. The van der Waals surface area contributed by atoms with Crippen LogP contribution in [-0.4, -0.2) is 40.2 Å². The van der Waals surface area contributed by atoms with Crippen molar-refractivity contribution in [3.63, 3.8) is 0 Å². The van der Waals surface area contributed by atoms with E-state index in [1.165, 1.54) is 46.8 Å². The number of hydrogen-bond acceptors (Lipinski definition) is 10. The second-order valence-corrected chi connectivity index (χ2v) is 9.37. The van der Waals surface area contributed by atoms with Gasteiger partial charge in [-0.1, -0.05) is 0 Å². The summed E-state index contributed by atoms with van der Waals surface area (Å²) >= 11 is 0. The van der Waals surface area contributed by atoms with E-state index in [1.807, 2.05) is 0 Å². The third-order valence-electron chi connectivity index (χ3n) is 7.15. The van der Waals surface area contributed by atoms with E-state index in [9.17, 15) is 14.4 Å². The molecule has 2 aliphatic rings. The number of hydrogen-bond donors (Lipinski definition) is 0. The summed E-state index contributed by atoms with van der Waals surface area (Å²) in [7, 11) is 5.99. The molecular weight excluding hydrogens is 532 g/mol. The van der Waals surface area contributed by atoms with Crippen LogP contribution in [0, 0.1) is 0 Å². The highest BCUT2D eigenvalue weighted by Gasteiger charge is 2.39. The molecule has 3 aromatic carbocycles. The summed E-state index contributed by atoms with van der Waals surface area (Å²) in [5, 5.41) is 0.301. The highest BCUT2D eigenvalue weighted by molar-refractivity contribution is 6.15. The Kier molecular flexibility index (Phi) is 6.37. The van der Waals surface area contributed by atoms with E-state index in [0.717, 1.165) is 0 Å². The van der Waals surface area contributed by atoms with E-state index in [1.54, 1.807) is 36.4 Å². The van der Waals surface area contributed by atoms with Gasteiger partial charge in [-0.05, 0) is 54.1 Å². The van der Waals surface area contributed by atoms with Crippen molar-refractivity contribution in [1.82, 2.24) is 0 Å². The second kappa shape index (κ2) is 10.1. The molecule has 2 aliphatic heterocycles. The van der Waals surface area contributed by atoms with Crippen LogP contribution in [0.1, 0.15) is 39.4 Å². The molecule has 1 atom stereocenters. The van der Waals surface area contributed by atoms with Crippen LogP contribution < -0.4 is 33.8 Å². The average Bonchev–Trinajstić information content (AvgIpc) is 3.30. The summed E-state index contributed by atoms with van der Waals surface area (Å²) in [6, 6.07) is 11.4. The Morgan fingerprint density at radius 2 is 1.61 bits per heavy atom. The predicted molar refractivity (Wildman–Crippen MR) is 147 cm³/mol. The van der Waals surface area contributed by atoms with Gasteiger partial charge in [0.25, 0.3) is 0 Å². The Labute approximate surface area is 233 Å². The molecule has 1 aromatic heterocycles. The molecule has 0 saturated carbocycles. The minimum absolute atomic E-state index is 0.0357. The number of ether oxygens (including phenoxy) is 6. The van der Waals surface area contributed by atoms with Gasteiger partial charge in [0.05, 0.1) is 52.1 Å². The highest BCUT2D eigenvalue weighted by atomic mass is 16.5. The summed E-state index contributed by atoms with van der Waals surface area (Å²) in [6.45, 7) is 0. The van der Waals surface area contributed by atoms with Gasteiger partial charge in [-0.25, -0.2) is 0 Å². The van der Waals surface area contributed by atoms with Crippen LogP contribution in [0.5, 0.6) is 34.5 Å². The molecule has 10 nitrogen and oxygen atoms in total. The molecule has 0 saturated heterocycles. The first kappa shape index (κ1) is 26.0. The molecular formula is C31H24O10. The average molecular weight is 557 g/mol. The fourth-order valence-electron chi connectivity index (χ4n) is 5.20. The van der Waals surface area contributed by atoms with Gasteiger partial charge < -0.3 is 32.8 Å². The van der Waals surface area contributed by atoms with Gasteiger partial charge in [-0.15, -0.1) is 0 Å². The van der Waals surface area contributed by atoms with Crippen molar-refractivity contribution in [2.45, 2.75) is 12.3 Å². The maximum Gasteiger partial charge on any atom is 0.312 e. The summed E-state index contributed by atoms with van der Waals surface area (Å²) in [5.41, 5.74) is 1.53. The van der Waals surface area contributed by atoms with E-state index >= 15 is 0 Å². The minimum Gasteiger partial charge on any atom is -0.497 e. The molecule has 41 heavy (non-hydrogen) atoms. The first-order chi connectivity index (χ1) is 19.9. The van der Waals surface area contributed by atoms with Crippen LogP contribution in [0.25, 0.3) is 17.0 Å². The van der Waals surface area contributed by atoms with Crippen LogP contribution in [0.4, 0.5) is 0 Å². The molecule has 0 radical (unpaired) electrons. The fourth-order valence-corrected chi connectivity index (χ4v) is 5.20. The van der Waals surface area contributed by atoms with Gasteiger partial charge in [-0.2, -0.15) is 0 Å². The topological polar surface area (TPSA) is 120 Å². The van der Waals surface area contributed by atoms with Crippen molar-refractivity contribution in [1.29, 1.82) is 0 Å². The Hall–Kier alpha value is -5.25. The largest absolute Gasteiger partial charge is 0.497 e. The van der Waals surface area contributed by atoms with Crippen LogP contribution in [0.2, 0.25) is 0 Å². The quantitative estimate of drug-likeness (QED) is 0.185. The Morgan fingerprint density at radius 1 is 0.854 bits per heavy atom. The van der Waals surface area contributed by atoms with Gasteiger partial charge in [0.15, 0.2) is 22.7 Å². The number of allylic oxidation sites excluding steroid dienone is 1. The normalized spacial score (nSPS) is 16.6. The van der Waals surface area contributed by atoms with Gasteiger partial charge in [0, 0.05) is 17.0 Å². The number of methoxy groups -OCH3 is 4. The predicted octanol–water partition coefficient (Wildman–Crippen LogP) is 4.88. The van der Waals surface area contributed by atoms with E-state index in [4.69, 9.17) is 32.8 Å². The number of rotatable bonds is 6. The third kappa shape index (κ3) is 4.24. The molecule has 0 spiro atoms. The van der Waals surface area contributed by atoms with E-state index in [2.05, 4.69) is 0 Å². The first-order valence-electron chi connectivity index (χ1n) is 12.6. The Morgan fingerprint density at radius 3 is 2.29 bits per heavy atom. The maximum absolute atomic E-state index is 13.6. The summed E-state index contributed by atoms with van der Waals surface area (Å²) in [6.07, 6.45) is 2.75. The lowest BCUT2D eigenvalue weighted by molar-refractivity contribution is -0.135. The third-order valence-corrected chi connectivity index (χ3v) is 7.15. The van der Waals surface area contributed by atoms with Crippen LogP contribution in [0.3, 0.4) is 0 Å². The van der Waals surface area contributed by atoms with Crippen molar-refractivity contribution in [2.75, 3.05) is 28.4 Å².